The number of hydrogen-bond donors (Lipinski definition) is 1. The van der Waals surface area contributed by atoms with Crippen LogP contribution in [0, 0.1) is 11.8 Å². The Kier molecular flexibility index (Phi) is 7.02. The molecule has 1 aromatic rings. The molecule has 4 aliphatic rings. The Bertz CT molecular complexity index is 1030. The zero-order chi connectivity index (χ0) is 24.4. The lowest BCUT2D eigenvalue weighted by atomic mass is 9.78. The van der Waals surface area contributed by atoms with Crippen LogP contribution in [0.15, 0.2) is 54.6 Å². The van der Waals surface area contributed by atoms with Crippen LogP contribution in [0.4, 0.5) is 0 Å². The van der Waals surface area contributed by atoms with Gasteiger partial charge in [-0.25, -0.2) is 0 Å². The first kappa shape index (κ1) is 24.1. The van der Waals surface area contributed by atoms with Crippen molar-refractivity contribution in [1.29, 1.82) is 0 Å². The number of thioether (sulfide) groups is 1. The van der Waals surface area contributed by atoms with Gasteiger partial charge in [-0.1, -0.05) is 54.6 Å². The largest absolute Gasteiger partial charge is 0.465 e. The van der Waals surface area contributed by atoms with Crippen molar-refractivity contribution in [2.45, 2.75) is 48.3 Å². The Morgan fingerprint density at radius 3 is 2.71 bits per heavy atom. The molecule has 2 saturated heterocycles. The molecule has 4 aliphatic heterocycles. The number of aliphatic hydroxyl groups is 1. The SMILES string of the molecule is O=C1OCCC/C=C\[C@@H]2S[C@]34C=CCN(Cc5ccccc5)C(=O)C3N(CCCCO)C(=O)[C@@H]4[C@H]12. The molecule has 5 rings (SSSR count). The molecular weight excluding hydrogens is 464 g/mol. The number of benzene rings is 1. The minimum atomic E-state index is -0.823. The molecule has 1 N–H and O–H groups in total. The molecule has 0 saturated carbocycles. The number of rotatable bonds is 6. The maximum atomic E-state index is 14.1. The van der Waals surface area contributed by atoms with Gasteiger partial charge >= 0.3 is 5.97 Å². The van der Waals surface area contributed by atoms with Crippen molar-refractivity contribution < 1.29 is 24.2 Å². The molecule has 0 bridgehead atoms. The molecule has 1 unspecified atom stereocenters. The Balaban J connectivity index is 1.54. The Morgan fingerprint density at radius 2 is 1.91 bits per heavy atom. The molecule has 8 heteroatoms. The highest BCUT2D eigenvalue weighted by atomic mass is 32.2. The van der Waals surface area contributed by atoms with Crippen molar-refractivity contribution in [2.24, 2.45) is 11.8 Å². The second-order valence-electron chi connectivity index (χ2n) is 9.65. The summed E-state index contributed by atoms with van der Waals surface area (Å²) in [5.41, 5.74) is 1.03. The van der Waals surface area contributed by atoms with Gasteiger partial charge in [-0.3, -0.25) is 14.4 Å². The number of carbonyl (C=O) groups is 3. The highest BCUT2D eigenvalue weighted by Gasteiger charge is 2.70. The number of cyclic esters (lactones) is 1. The van der Waals surface area contributed by atoms with Crippen LogP contribution in [-0.4, -0.2) is 75.0 Å². The molecule has 186 valence electrons. The number of nitrogens with zero attached hydrogens (tertiary/aromatic N) is 2. The summed E-state index contributed by atoms with van der Waals surface area (Å²) in [5, 5.41) is 9.10. The summed E-state index contributed by atoms with van der Waals surface area (Å²) in [6, 6.07) is 9.15. The normalized spacial score (nSPS) is 33.2. The van der Waals surface area contributed by atoms with Crippen molar-refractivity contribution in [2.75, 3.05) is 26.3 Å². The maximum absolute atomic E-state index is 14.1. The van der Waals surface area contributed by atoms with E-state index in [0.29, 0.717) is 39.1 Å². The highest BCUT2D eigenvalue weighted by Crippen LogP contribution is 2.60. The van der Waals surface area contributed by atoms with Gasteiger partial charge in [0, 0.05) is 31.5 Å². The zero-order valence-electron chi connectivity index (χ0n) is 19.8. The third-order valence-electron chi connectivity index (χ3n) is 7.46. The van der Waals surface area contributed by atoms with E-state index in [1.165, 1.54) is 0 Å². The number of hydrogen-bond acceptors (Lipinski definition) is 6. The van der Waals surface area contributed by atoms with Crippen LogP contribution in [0.3, 0.4) is 0 Å². The van der Waals surface area contributed by atoms with E-state index in [1.54, 1.807) is 21.6 Å². The first-order valence-corrected chi connectivity index (χ1v) is 13.4. The van der Waals surface area contributed by atoms with Gasteiger partial charge in [0.2, 0.25) is 11.8 Å². The predicted octanol–water partition coefficient (Wildman–Crippen LogP) is 2.55. The van der Waals surface area contributed by atoms with Crippen LogP contribution in [0.1, 0.15) is 31.2 Å². The molecule has 1 spiro atoms. The third-order valence-corrected chi connectivity index (χ3v) is 9.20. The minimum absolute atomic E-state index is 0.0336. The number of aliphatic hydroxyl groups excluding tert-OH is 1. The smallest absolute Gasteiger partial charge is 0.311 e. The molecule has 7 nitrogen and oxygen atoms in total. The van der Waals surface area contributed by atoms with Gasteiger partial charge in [0.1, 0.15) is 6.04 Å². The van der Waals surface area contributed by atoms with E-state index in [2.05, 4.69) is 6.08 Å². The van der Waals surface area contributed by atoms with E-state index < -0.39 is 22.6 Å². The number of ether oxygens (including phenoxy) is 1. The van der Waals surface area contributed by atoms with Gasteiger partial charge in [-0.2, -0.15) is 0 Å². The van der Waals surface area contributed by atoms with Crippen LogP contribution >= 0.6 is 11.8 Å². The second-order valence-corrected chi connectivity index (χ2v) is 11.1. The summed E-state index contributed by atoms with van der Waals surface area (Å²) in [7, 11) is 0. The highest BCUT2D eigenvalue weighted by molar-refractivity contribution is 8.02. The first-order valence-electron chi connectivity index (χ1n) is 12.5. The molecule has 0 radical (unpaired) electrons. The standard InChI is InChI=1S/C27H32N2O5S/c30-16-7-6-15-29-23-25(32)28(18-19-10-3-1-4-11-19)14-9-13-27(23)22(24(29)31)21-20(35-27)12-5-2-8-17-34-26(21)33/h1,3-5,9-13,20-23,30H,2,6-8,14-18H2/b12-5-/t20-,21+,22-,23?,27-/m0/s1. The molecule has 5 atom stereocenters. The number of unbranched alkanes of at least 4 members (excludes halogenated alkanes) is 1. The van der Waals surface area contributed by atoms with E-state index >= 15 is 0 Å². The molecule has 4 heterocycles. The van der Waals surface area contributed by atoms with Gasteiger partial charge in [-0.15, -0.1) is 11.8 Å². The summed E-state index contributed by atoms with van der Waals surface area (Å²) in [6.45, 7) is 1.66. The number of amides is 2. The summed E-state index contributed by atoms with van der Waals surface area (Å²) in [6.07, 6.45) is 10.9. The Morgan fingerprint density at radius 1 is 1.09 bits per heavy atom. The average Bonchev–Trinajstić information content (AvgIpc) is 3.27. The summed E-state index contributed by atoms with van der Waals surface area (Å²) in [5.74, 6) is -1.85. The van der Waals surface area contributed by atoms with Crippen molar-refractivity contribution in [3.63, 3.8) is 0 Å². The van der Waals surface area contributed by atoms with Crippen molar-refractivity contribution in [3.05, 3.63) is 60.2 Å². The fourth-order valence-corrected chi connectivity index (χ4v) is 7.88. The third kappa shape index (κ3) is 4.31. The summed E-state index contributed by atoms with van der Waals surface area (Å²) < 4.78 is 4.76. The van der Waals surface area contributed by atoms with Gasteiger partial charge in [-0.05, 0) is 31.2 Å². The lowest BCUT2D eigenvalue weighted by Crippen LogP contribution is -2.53. The summed E-state index contributed by atoms with van der Waals surface area (Å²) >= 11 is 1.57. The fourth-order valence-electron chi connectivity index (χ4n) is 5.88. The van der Waals surface area contributed by atoms with Crippen LogP contribution < -0.4 is 0 Å². The van der Waals surface area contributed by atoms with Gasteiger partial charge in [0.05, 0.1) is 23.2 Å². The van der Waals surface area contributed by atoms with Gasteiger partial charge in [0.15, 0.2) is 0 Å². The molecule has 2 fully saturated rings. The number of esters is 1. The van der Waals surface area contributed by atoms with E-state index in [-0.39, 0.29) is 29.6 Å². The average molecular weight is 497 g/mol. The number of allylic oxidation sites excluding steroid dienone is 1. The molecule has 0 aliphatic carbocycles. The topological polar surface area (TPSA) is 87.2 Å². The van der Waals surface area contributed by atoms with Crippen LogP contribution in [0.5, 0.6) is 0 Å². The lowest BCUT2D eigenvalue weighted by Gasteiger charge is -2.35. The van der Waals surface area contributed by atoms with Crippen LogP contribution in [0.25, 0.3) is 0 Å². The summed E-state index contributed by atoms with van der Waals surface area (Å²) in [4.78, 5) is 44.8. The van der Waals surface area contributed by atoms with Crippen molar-refractivity contribution in [3.8, 4) is 0 Å². The zero-order valence-corrected chi connectivity index (χ0v) is 20.6. The number of fused-ring (bicyclic) bond motifs is 2. The monoisotopic (exact) mass is 496 g/mol. The van der Waals surface area contributed by atoms with E-state index in [1.807, 2.05) is 48.6 Å². The quantitative estimate of drug-likeness (QED) is 0.370. The Labute approximate surface area is 210 Å². The Hall–Kier alpha value is -2.58. The predicted molar refractivity (Wildman–Crippen MR) is 133 cm³/mol. The lowest BCUT2D eigenvalue weighted by molar-refractivity contribution is -0.153. The first-order chi connectivity index (χ1) is 17.1. The number of likely N-dealkylation sites (tertiary alicyclic amines) is 1. The van der Waals surface area contributed by atoms with E-state index in [9.17, 15) is 19.5 Å². The molecular formula is C27H32N2O5S. The van der Waals surface area contributed by atoms with Gasteiger partial charge < -0.3 is 19.6 Å². The van der Waals surface area contributed by atoms with E-state index in [4.69, 9.17) is 4.74 Å². The van der Waals surface area contributed by atoms with Crippen LogP contribution in [0.2, 0.25) is 0 Å². The van der Waals surface area contributed by atoms with Crippen LogP contribution in [-0.2, 0) is 25.7 Å². The van der Waals surface area contributed by atoms with Crippen molar-refractivity contribution >= 4 is 29.5 Å². The fraction of sp³-hybridized carbons (Fsp3) is 0.519. The minimum Gasteiger partial charge on any atom is -0.465 e. The molecule has 35 heavy (non-hydrogen) atoms. The molecule has 1 aromatic carbocycles. The van der Waals surface area contributed by atoms with Crippen molar-refractivity contribution in [1.82, 2.24) is 9.80 Å². The molecule has 0 aromatic heterocycles. The number of carbonyl (C=O) groups excluding carboxylic acids is 3. The molecule has 2 amide bonds. The second kappa shape index (κ2) is 10.2. The van der Waals surface area contributed by atoms with Gasteiger partial charge in [0.25, 0.3) is 0 Å². The maximum Gasteiger partial charge on any atom is 0.311 e. The van der Waals surface area contributed by atoms with E-state index in [0.717, 1.165) is 18.4 Å².